The van der Waals surface area contributed by atoms with Crippen LogP contribution in [0.15, 0.2) is 24.3 Å². The number of hydrogen-bond acceptors (Lipinski definition) is 2. The first-order valence-electron chi connectivity index (χ1n) is 6.47. The van der Waals surface area contributed by atoms with Crippen LogP contribution in [-0.4, -0.2) is 34.5 Å². The van der Waals surface area contributed by atoms with Gasteiger partial charge in [0.05, 0.1) is 16.5 Å². The average molecular weight is 330 g/mol. The van der Waals surface area contributed by atoms with Gasteiger partial charge in [-0.15, -0.1) is 0 Å². The van der Waals surface area contributed by atoms with Crippen LogP contribution >= 0.6 is 23.2 Å². The van der Waals surface area contributed by atoms with Gasteiger partial charge < -0.3 is 10.0 Å². The molecule has 114 valence electrons. The Labute approximate surface area is 134 Å². The summed E-state index contributed by atoms with van der Waals surface area (Å²) in [6, 6.07) is 5.06. The highest BCUT2D eigenvalue weighted by Crippen LogP contribution is 2.26. The molecule has 6 heteroatoms. The van der Waals surface area contributed by atoms with Gasteiger partial charge in [0.25, 0.3) is 0 Å². The fraction of sp³-hybridized carbons (Fsp3) is 0.333. The van der Waals surface area contributed by atoms with Crippen molar-refractivity contribution in [3.8, 4) is 0 Å². The number of rotatable bonds is 6. The lowest BCUT2D eigenvalue weighted by Gasteiger charge is -2.24. The molecule has 1 N–H and O–H groups in total. The largest absolute Gasteiger partial charge is 0.481 e. The zero-order valence-electron chi connectivity index (χ0n) is 11.8. The van der Waals surface area contributed by atoms with Crippen molar-refractivity contribution in [2.24, 2.45) is 0 Å². The van der Waals surface area contributed by atoms with Crippen molar-refractivity contribution in [1.82, 2.24) is 4.90 Å². The molecule has 0 atom stereocenters. The van der Waals surface area contributed by atoms with Gasteiger partial charge in [0, 0.05) is 18.7 Å². The van der Waals surface area contributed by atoms with E-state index < -0.39 is 5.97 Å². The van der Waals surface area contributed by atoms with Crippen LogP contribution in [0.5, 0.6) is 0 Å². The molecule has 1 aromatic rings. The second-order valence-electron chi connectivity index (χ2n) is 4.75. The number of halogens is 2. The van der Waals surface area contributed by atoms with E-state index in [0.29, 0.717) is 15.6 Å². The summed E-state index contributed by atoms with van der Waals surface area (Å²) in [7, 11) is 0. The van der Waals surface area contributed by atoms with Crippen LogP contribution in [0.2, 0.25) is 10.0 Å². The van der Waals surface area contributed by atoms with Crippen molar-refractivity contribution in [2.75, 3.05) is 6.54 Å². The number of aliphatic carboxylic acids is 1. The summed E-state index contributed by atoms with van der Waals surface area (Å²) in [4.78, 5) is 24.2. The molecule has 0 spiro atoms. The third-order valence-corrected chi connectivity index (χ3v) is 3.69. The molecule has 0 aliphatic carbocycles. The Kier molecular flexibility index (Phi) is 6.72. The molecule has 1 rings (SSSR count). The Hall–Kier alpha value is -1.52. The Morgan fingerprint density at radius 1 is 1.33 bits per heavy atom. The molecular formula is C15H17Cl2NO3. The monoisotopic (exact) mass is 329 g/mol. The fourth-order valence-corrected chi connectivity index (χ4v) is 2.12. The molecule has 4 nitrogen and oxygen atoms in total. The summed E-state index contributed by atoms with van der Waals surface area (Å²) < 4.78 is 0. The smallest absolute Gasteiger partial charge is 0.305 e. The van der Waals surface area contributed by atoms with Gasteiger partial charge in [-0.3, -0.25) is 9.59 Å². The predicted molar refractivity (Wildman–Crippen MR) is 84.6 cm³/mol. The van der Waals surface area contributed by atoms with Crippen LogP contribution in [0.25, 0.3) is 6.08 Å². The maximum Gasteiger partial charge on any atom is 0.305 e. The number of amides is 1. The number of carbonyl (C=O) groups excluding carboxylic acids is 1. The molecule has 0 aliphatic rings. The van der Waals surface area contributed by atoms with Crippen LogP contribution in [0.1, 0.15) is 25.8 Å². The molecule has 0 fully saturated rings. The first kappa shape index (κ1) is 17.5. The molecule has 1 aromatic carbocycles. The topological polar surface area (TPSA) is 57.6 Å². The van der Waals surface area contributed by atoms with E-state index in [1.165, 1.54) is 11.0 Å². The van der Waals surface area contributed by atoms with Gasteiger partial charge in [0.1, 0.15) is 0 Å². The molecule has 0 aromatic heterocycles. The molecule has 0 aliphatic heterocycles. The average Bonchev–Trinajstić information content (AvgIpc) is 2.40. The minimum atomic E-state index is -0.935. The quantitative estimate of drug-likeness (QED) is 0.809. The van der Waals surface area contributed by atoms with Crippen LogP contribution in [-0.2, 0) is 9.59 Å². The van der Waals surface area contributed by atoms with E-state index in [-0.39, 0.29) is 24.9 Å². The molecule has 0 bridgehead atoms. The Balaban J connectivity index is 2.83. The molecule has 0 saturated heterocycles. The molecule has 0 heterocycles. The molecule has 21 heavy (non-hydrogen) atoms. The van der Waals surface area contributed by atoms with E-state index in [9.17, 15) is 9.59 Å². The second-order valence-corrected chi connectivity index (χ2v) is 5.53. The first-order valence-corrected chi connectivity index (χ1v) is 7.23. The van der Waals surface area contributed by atoms with Gasteiger partial charge in [0.2, 0.25) is 5.91 Å². The van der Waals surface area contributed by atoms with Crippen molar-refractivity contribution in [2.45, 2.75) is 26.3 Å². The fourth-order valence-electron chi connectivity index (χ4n) is 1.74. The highest BCUT2D eigenvalue weighted by molar-refractivity contribution is 6.42. The van der Waals surface area contributed by atoms with Crippen molar-refractivity contribution in [3.63, 3.8) is 0 Å². The second kappa shape index (κ2) is 8.05. The van der Waals surface area contributed by atoms with E-state index in [2.05, 4.69) is 0 Å². The van der Waals surface area contributed by atoms with Crippen molar-refractivity contribution >= 4 is 41.2 Å². The number of carboxylic acid groups (broad SMARTS) is 1. The van der Waals surface area contributed by atoms with E-state index in [1.54, 1.807) is 24.3 Å². The van der Waals surface area contributed by atoms with Crippen LogP contribution in [0, 0.1) is 0 Å². The highest BCUT2D eigenvalue weighted by atomic mass is 35.5. The molecule has 0 saturated carbocycles. The Bertz CT molecular complexity index is 556. The van der Waals surface area contributed by atoms with Crippen LogP contribution in [0.3, 0.4) is 0 Å². The summed E-state index contributed by atoms with van der Waals surface area (Å²) in [6.45, 7) is 3.83. The Morgan fingerprint density at radius 2 is 2.00 bits per heavy atom. The number of carboxylic acids is 1. The molecule has 0 unspecified atom stereocenters. The minimum Gasteiger partial charge on any atom is -0.481 e. The van der Waals surface area contributed by atoms with Crippen LogP contribution in [0.4, 0.5) is 0 Å². The summed E-state index contributed by atoms with van der Waals surface area (Å²) in [5.74, 6) is -1.20. The van der Waals surface area contributed by atoms with E-state index in [1.807, 2.05) is 13.8 Å². The normalized spacial score (nSPS) is 11.1. The SMILES string of the molecule is CC(C)N(CCC(=O)O)C(=O)/C=C/c1cccc(Cl)c1Cl. The van der Waals surface area contributed by atoms with Gasteiger partial charge in [-0.05, 0) is 31.6 Å². The zero-order chi connectivity index (χ0) is 16.0. The predicted octanol–water partition coefficient (Wildman–Crippen LogP) is 3.72. The summed E-state index contributed by atoms with van der Waals surface area (Å²) >= 11 is 11.9. The van der Waals surface area contributed by atoms with Gasteiger partial charge in [-0.1, -0.05) is 35.3 Å². The number of carbonyl (C=O) groups is 2. The van der Waals surface area contributed by atoms with E-state index >= 15 is 0 Å². The lowest BCUT2D eigenvalue weighted by atomic mass is 10.2. The standard InChI is InChI=1S/C15H17Cl2NO3/c1-10(2)18(9-8-14(20)21)13(19)7-6-11-4-3-5-12(16)15(11)17/h3-7,10H,8-9H2,1-2H3,(H,20,21)/b7-6+. The van der Waals surface area contributed by atoms with Gasteiger partial charge >= 0.3 is 5.97 Å². The van der Waals surface area contributed by atoms with Gasteiger partial charge in [-0.25, -0.2) is 0 Å². The van der Waals surface area contributed by atoms with Crippen molar-refractivity contribution in [1.29, 1.82) is 0 Å². The summed E-state index contributed by atoms with van der Waals surface area (Å²) in [5, 5.41) is 9.51. The van der Waals surface area contributed by atoms with E-state index in [4.69, 9.17) is 28.3 Å². The van der Waals surface area contributed by atoms with E-state index in [0.717, 1.165) is 0 Å². The number of hydrogen-bond donors (Lipinski definition) is 1. The Morgan fingerprint density at radius 3 is 2.57 bits per heavy atom. The lowest BCUT2D eigenvalue weighted by Crippen LogP contribution is -2.37. The maximum absolute atomic E-state index is 12.1. The minimum absolute atomic E-state index is 0.0867. The molecular weight excluding hydrogens is 313 g/mol. The molecule has 0 radical (unpaired) electrons. The summed E-state index contributed by atoms with van der Waals surface area (Å²) in [6.07, 6.45) is 2.86. The third kappa shape index (κ3) is 5.40. The lowest BCUT2D eigenvalue weighted by molar-refractivity contribution is -0.138. The van der Waals surface area contributed by atoms with Crippen LogP contribution < -0.4 is 0 Å². The summed E-state index contributed by atoms with van der Waals surface area (Å²) in [5.41, 5.74) is 0.638. The third-order valence-electron chi connectivity index (χ3n) is 2.86. The first-order chi connectivity index (χ1) is 9.82. The van der Waals surface area contributed by atoms with Crippen molar-refractivity contribution in [3.05, 3.63) is 39.9 Å². The highest BCUT2D eigenvalue weighted by Gasteiger charge is 2.15. The van der Waals surface area contributed by atoms with Crippen molar-refractivity contribution < 1.29 is 14.7 Å². The number of benzene rings is 1. The van der Waals surface area contributed by atoms with Gasteiger partial charge in [-0.2, -0.15) is 0 Å². The van der Waals surface area contributed by atoms with Gasteiger partial charge in [0.15, 0.2) is 0 Å². The molecule has 1 amide bonds. The number of nitrogens with zero attached hydrogens (tertiary/aromatic N) is 1. The zero-order valence-corrected chi connectivity index (χ0v) is 13.4. The maximum atomic E-state index is 12.1.